The Morgan fingerprint density at radius 1 is 1.45 bits per heavy atom. The Bertz CT molecular complexity index is 449. The minimum Gasteiger partial charge on any atom is -0.496 e. The van der Waals surface area contributed by atoms with Gasteiger partial charge >= 0.3 is 0 Å². The molecule has 1 aliphatic carbocycles. The maximum atomic E-state index is 12.3. The molecule has 5 heteroatoms. The Morgan fingerprint density at radius 3 is 2.65 bits per heavy atom. The summed E-state index contributed by atoms with van der Waals surface area (Å²) < 4.78 is 5.34. The highest BCUT2D eigenvalue weighted by molar-refractivity contribution is 5.85. The number of ether oxygens (including phenoxy) is 1. The van der Waals surface area contributed by atoms with Gasteiger partial charge in [0, 0.05) is 18.2 Å². The predicted octanol–water partition coefficient (Wildman–Crippen LogP) is 2.35. The summed E-state index contributed by atoms with van der Waals surface area (Å²) in [6, 6.07) is 7.78. The molecule has 20 heavy (non-hydrogen) atoms. The Kier molecular flexibility index (Phi) is 6.30. The van der Waals surface area contributed by atoms with Gasteiger partial charge in [0.15, 0.2) is 0 Å². The van der Waals surface area contributed by atoms with Crippen molar-refractivity contribution in [1.29, 1.82) is 0 Å². The number of methoxy groups -OCH3 is 1. The van der Waals surface area contributed by atoms with Gasteiger partial charge in [-0.1, -0.05) is 25.1 Å². The van der Waals surface area contributed by atoms with E-state index in [1.807, 2.05) is 36.1 Å². The molecule has 0 heterocycles. The summed E-state index contributed by atoms with van der Waals surface area (Å²) in [5.41, 5.74) is 6.92. The summed E-state index contributed by atoms with van der Waals surface area (Å²) in [4.78, 5) is 14.2. The lowest BCUT2D eigenvalue weighted by Crippen LogP contribution is -2.44. The van der Waals surface area contributed by atoms with Crippen molar-refractivity contribution in [2.45, 2.75) is 44.8 Å². The van der Waals surface area contributed by atoms with Gasteiger partial charge in [0.25, 0.3) is 0 Å². The van der Waals surface area contributed by atoms with E-state index < -0.39 is 6.04 Å². The van der Waals surface area contributed by atoms with Crippen LogP contribution in [0.5, 0.6) is 5.75 Å². The first-order chi connectivity index (χ1) is 9.17. The zero-order valence-corrected chi connectivity index (χ0v) is 12.9. The molecule has 4 nitrogen and oxygen atoms in total. The van der Waals surface area contributed by atoms with Crippen molar-refractivity contribution in [3.8, 4) is 5.75 Å². The van der Waals surface area contributed by atoms with E-state index in [0.29, 0.717) is 19.0 Å². The Morgan fingerprint density at radius 2 is 2.10 bits per heavy atom. The van der Waals surface area contributed by atoms with Crippen molar-refractivity contribution < 1.29 is 9.53 Å². The second kappa shape index (κ2) is 7.50. The van der Waals surface area contributed by atoms with Crippen LogP contribution in [0.2, 0.25) is 0 Å². The lowest BCUT2D eigenvalue weighted by Gasteiger charge is -2.26. The number of para-hydroxylation sites is 1. The van der Waals surface area contributed by atoms with Gasteiger partial charge in [-0.15, -0.1) is 12.4 Å². The van der Waals surface area contributed by atoms with E-state index in [0.717, 1.165) is 24.2 Å². The standard InChI is InChI=1S/C15H22N2O2.ClH/c1-3-13(16)15(18)17(12-8-9-12)10-11-6-4-5-7-14(11)19-2;/h4-7,12-13H,3,8-10,16H2,1-2H3;1H/t13-;/m0./s1. The van der Waals surface area contributed by atoms with Gasteiger partial charge < -0.3 is 15.4 Å². The Balaban J connectivity index is 0.00000200. The molecule has 0 saturated heterocycles. The smallest absolute Gasteiger partial charge is 0.240 e. The van der Waals surface area contributed by atoms with Crippen LogP contribution >= 0.6 is 12.4 Å². The molecule has 1 fully saturated rings. The minimum absolute atomic E-state index is 0. The average molecular weight is 299 g/mol. The Hall–Kier alpha value is -1.26. The number of rotatable bonds is 6. The van der Waals surface area contributed by atoms with Crippen LogP contribution in [0.25, 0.3) is 0 Å². The fraction of sp³-hybridized carbons (Fsp3) is 0.533. The van der Waals surface area contributed by atoms with Gasteiger partial charge in [0.1, 0.15) is 5.75 Å². The molecule has 0 unspecified atom stereocenters. The average Bonchev–Trinajstić information content (AvgIpc) is 3.28. The van der Waals surface area contributed by atoms with Crippen molar-refractivity contribution in [2.24, 2.45) is 5.73 Å². The topological polar surface area (TPSA) is 55.6 Å². The third-order valence-corrected chi connectivity index (χ3v) is 3.56. The number of hydrogen-bond acceptors (Lipinski definition) is 3. The second-order valence-electron chi connectivity index (χ2n) is 5.02. The SMILES string of the molecule is CC[C@H](N)C(=O)N(Cc1ccccc1OC)C1CC1.Cl. The lowest BCUT2D eigenvalue weighted by molar-refractivity contribution is -0.133. The van der Waals surface area contributed by atoms with E-state index in [2.05, 4.69) is 0 Å². The normalized spacial score (nSPS) is 15.2. The van der Waals surface area contributed by atoms with Crippen LogP contribution in [0.4, 0.5) is 0 Å². The van der Waals surface area contributed by atoms with Crippen molar-refractivity contribution in [3.63, 3.8) is 0 Å². The van der Waals surface area contributed by atoms with Gasteiger partial charge in [0.05, 0.1) is 13.2 Å². The first kappa shape index (κ1) is 16.8. The molecular formula is C15H23ClN2O2. The van der Waals surface area contributed by atoms with Crippen molar-refractivity contribution in [3.05, 3.63) is 29.8 Å². The van der Waals surface area contributed by atoms with E-state index in [1.165, 1.54) is 0 Å². The third-order valence-electron chi connectivity index (χ3n) is 3.56. The van der Waals surface area contributed by atoms with Crippen LogP contribution in [0, 0.1) is 0 Å². The van der Waals surface area contributed by atoms with Gasteiger partial charge in [-0.05, 0) is 25.3 Å². The summed E-state index contributed by atoms with van der Waals surface area (Å²) in [5.74, 6) is 0.877. The minimum atomic E-state index is -0.393. The molecule has 0 aliphatic heterocycles. The van der Waals surface area contributed by atoms with Crippen LogP contribution in [0.3, 0.4) is 0 Å². The molecule has 0 bridgehead atoms. The number of halogens is 1. The molecule has 1 aromatic carbocycles. The fourth-order valence-electron chi connectivity index (χ4n) is 2.18. The fourth-order valence-corrected chi connectivity index (χ4v) is 2.18. The molecule has 1 aliphatic rings. The first-order valence-electron chi connectivity index (χ1n) is 6.85. The van der Waals surface area contributed by atoms with Crippen LogP contribution in [-0.4, -0.2) is 30.0 Å². The van der Waals surface area contributed by atoms with Crippen molar-refractivity contribution >= 4 is 18.3 Å². The van der Waals surface area contributed by atoms with Gasteiger partial charge in [0.2, 0.25) is 5.91 Å². The molecule has 0 spiro atoms. The molecule has 112 valence electrons. The van der Waals surface area contributed by atoms with E-state index in [4.69, 9.17) is 10.5 Å². The Labute approximate surface area is 126 Å². The predicted molar refractivity (Wildman–Crippen MR) is 82.1 cm³/mol. The number of amides is 1. The largest absolute Gasteiger partial charge is 0.496 e. The number of nitrogens with zero attached hydrogens (tertiary/aromatic N) is 1. The van der Waals surface area contributed by atoms with E-state index in [9.17, 15) is 4.79 Å². The first-order valence-corrected chi connectivity index (χ1v) is 6.85. The van der Waals surface area contributed by atoms with E-state index >= 15 is 0 Å². The zero-order valence-electron chi connectivity index (χ0n) is 12.0. The second-order valence-corrected chi connectivity index (χ2v) is 5.02. The van der Waals surface area contributed by atoms with Gasteiger partial charge in [-0.3, -0.25) is 4.79 Å². The lowest BCUT2D eigenvalue weighted by atomic mass is 10.1. The molecule has 1 saturated carbocycles. The molecular weight excluding hydrogens is 276 g/mol. The molecule has 0 radical (unpaired) electrons. The van der Waals surface area contributed by atoms with Crippen LogP contribution in [-0.2, 0) is 11.3 Å². The molecule has 1 amide bonds. The molecule has 1 aromatic rings. The highest BCUT2D eigenvalue weighted by Crippen LogP contribution is 2.30. The number of nitrogens with two attached hydrogens (primary N) is 1. The van der Waals surface area contributed by atoms with Crippen LogP contribution in [0.1, 0.15) is 31.7 Å². The summed E-state index contributed by atoms with van der Waals surface area (Å²) >= 11 is 0. The number of hydrogen-bond donors (Lipinski definition) is 1. The van der Waals surface area contributed by atoms with Crippen LogP contribution in [0.15, 0.2) is 24.3 Å². The third kappa shape index (κ3) is 3.87. The van der Waals surface area contributed by atoms with Crippen molar-refractivity contribution in [1.82, 2.24) is 4.90 Å². The molecule has 0 aromatic heterocycles. The summed E-state index contributed by atoms with van der Waals surface area (Å²) in [7, 11) is 1.65. The summed E-state index contributed by atoms with van der Waals surface area (Å²) in [5, 5.41) is 0. The highest BCUT2D eigenvalue weighted by atomic mass is 35.5. The quantitative estimate of drug-likeness (QED) is 0.877. The zero-order chi connectivity index (χ0) is 13.8. The van der Waals surface area contributed by atoms with Gasteiger partial charge in [-0.25, -0.2) is 0 Å². The highest BCUT2D eigenvalue weighted by Gasteiger charge is 2.34. The monoisotopic (exact) mass is 298 g/mol. The molecule has 1 atom stereocenters. The van der Waals surface area contributed by atoms with Crippen molar-refractivity contribution in [2.75, 3.05) is 7.11 Å². The van der Waals surface area contributed by atoms with E-state index in [-0.39, 0.29) is 18.3 Å². The number of carbonyl (C=O) groups is 1. The van der Waals surface area contributed by atoms with E-state index in [1.54, 1.807) is 7.11 Å². The van der Waals surface area contributed by atoms with Crippen LogP contribution < -0.4 is 10.5 Å². The maximum Gasteiger partial charge on any atom is 0.240 e. The summed E-state index contributed by atoms with van der Waals surface area (Å²) in [6.07, 6.45) is 2.84. The molecule has 2 N–H and O–H groups in total. The van der Waals surface area contributed by atoms with Gasteiger partial charge in [-0.2, -0.15) is 0 Å². The number of carbonyl (C=O) groups excluding carboxylic acids is 1. The summed E-state index contributed by atoms with van der Waals surface area (Å²) in [6.45, 7) is 2.53. The molecule has 2 rings (SSSR count). The maximum absolute atomic E-state index is 12.3. The number of benzene rings is 1.